The summed E-state index contributed by atoms with van der Waals surface area (Å²) in [5, 5.41) is 1.15. The minimum Gasteiger partial charge on any atom is -0.454 e. The Kier molecular flexibility index (Phi) is 5.07. The van der Waals surface area contributed by atoms with Crippen molar-refractivity contribution < 1.29 is 23.8 Å². The van der Waals surface area contributed by atoms with Gasteiger partial charge in [0.05, 0.1) is 5.92 Å². The van der Waals surface area contributed by atoms with Crippen LogP contribution in [0, 0.1) is 6.92 Å². The summed E-state index contributed by atoms with van der Waals surface area (Å²) < 4.78 is 18.5. The van der Waals surface area contributed by atoms with Crippen LogP contribution in [0.1, 0.15) is 49.8 Å². The fourth-order valence-electron chi connectivity index (χ4n) is 4.56. The standard InChI is InChI=1S/C26H28N2O5/c1-16-13-27(14-17-5-8-22-23(11-17)32-15-31-22)21-12-18(6-7-19(16)21)20-9-10-28(24(20)29)25(30)33-26(2,3)4/h5-8,11-13,20H,9-10,14-15H2,1-4H3. The van der Waals surface area contributed by atoms with Gasteiger partial charge in [-0.1, -0.05) is 18.2 Å². The molecule has 7 nitrogen and oxygen atoms in total. The van der Waals surface area contributed by atoms with Gasteiger partial charge in [-0.3, -0.25) is 4.79 Å². The van der Waals surface area contributed by atoms with Crippen LogP contribution in [0.2, 0.25) is 0 Å². The highest BCUT2D eigenvalue weighted by atomic mass is 16.7. The molecule has 33 heavy (non-hydrogen) atoms. The molecule has 1 saturated heterocycles. The van der Waals surface area contributed by atoms with Crippen LogP contribution < -0.4 is 9.47 Å². The van der Waals surface area contributed by atoms with Crippen LogP contribution in [0.4, 0.5) is 4.79 Å². The lowest BCUT2D eigenvalue weighted by molar-refractivity contribution is -0.128. The van der Waals surface area contributed by atoms with Gasteiger partial charge in [-0.05, 0) is 69.0 Å². The Balaban J connectivity index is 1.41. The van der Waals surface area contributed by atoms with E-state index in [4.69, 9.17) is 14.2 Å². The van der Waals surface area contributed by atoms with Gasteiger partial charge in [0.2, 0.25) is 12.7 Å². The van der Waals surface area contributed by atoms with Crippen LogP contribution >= 0.6 is 0 Å². The Morgan fingerprint density at radius 1 is 1.12 bits per heavy atom. The molecule has 0 radical (unpaired) electrons. The molecule has 1 atom stereocenters. The van der Waals surface area contributed by atoms with Gasteiger partial charge in [0.25, 0.3) is 0 Å². The number of hydrogen-bond donors (Lipinski definition) is 0. The highest BCUT2D eigenvalue weighted by Gasteiger charge is 2.38. The fraction of sp³-hybridized carbons (Fsp3) is 0.385. The highest BCUT2D eigenvalue weighted by Crippen LogP contribution is 2.35. The monoisotopic (exact) mass is 448 g/mol. The van der Waals surface area contributed by atoms with Gasteiger partial charge in [0.1, 0.15) is 5.60 Å². The lowest BCUT2D eigenvalue weighted by atomic mass is 9.96. The summed E-state index contributed by atoms with van der Waals surface area (Å²) in [5.74, 6) is 0.981. The van der Waals surface area contributed by atoms with Crippen molar-refractivity contribution in [3.05, 3.63) is 59.3 Å². The third-order valence-corrected chi connectivity index (χ3v) is 6.12. The molecule has 3 heterocycles. The van der Waals surface area contributed by atoms with E-state index in [0.29, 0.717) is 19.5 Å². The van der Waals surface area contributed by atoms with Crippen LogP contribution in [0.5, 0.6) is 11.5 Å². The first kappa shape index (κ1) is 21.4. The molecule has 0 spiro atoms. The summed E-state index contributed by atoms with van der Waals surface area (Å²) in [4.78, 5) is 26.7. The molecule has 1 fully saturated rings. The molecular weight excluding hydrogens is 420 g/mol. The van der Waals surface area contributed by atoms with E-state index < -0.39 is 11.7 Å². The zero-order valence-corrected chi connectivity index (χ0v) is 19.4. The molecule has 2 amide bonds. The number of hydrogen-bond acceptors (Lipinski definition) is 5. The first-order chi connectivity index (χ1) is 15.7. The third-order valence-electron chi connectivity index (χ3n) is 6.12. The van der Waals surface area contributed by atoms with E-state index in [1.54, 1.807) is 20.8 Å². The molecule has 0 bridgehead atoms. The predicted octanol–water partition coefficient (Wildman–Crippen LogP) is 4.98. The van der Waals surface area contributed by atoms with Gasteiger partial charge in [-0.2, -0.15) is 0 Å². The summed E-state index contributed by atoms with van der Waals surface area (Å²) in [6, 6.07) is 12.1. The molecule has 2 aromatic carbocycles. The lowest BCUT2D eigenvalue weighted by Gasteiger charge is -2.23. The minimum absolute atomic E-state index is 0.200. The van der Waals surface area contributed by atoms with E-state index >= 15 is 0 Å². The Morgan fingerprint density at radius 2 is 1.91 bits per heavy atom. The van der Waals surface area contributed by atoms with Gasteiger partial charge in [0.15, 0.2) is 11.5 Å². The zero-order valence-electron chi connectivity index (χ0n) is 19.4. The molecule has 172 valence electrons. The van der Waals surface area contributed by atoms with E-state index in [1.165, 1.54) is 10.5 Å². The summed E-state index contributed by atoms with van der Waals surface area (Å²) in [6.07, 6.45) is 2.15. The largest absolute Gasteiger partial charge is 0.454 e. The molecule has 2 aliphatic rings. The molecule has 0 saturated carbocycles. The average molecular weight is 449 g/mol. The van der Waals surface area contributed by atoms with Crippen molar-refractivity contribution in [2.75, 3.05) is 13.3 Å². The number of likely N-dealkylation sites (tertiary alicyclic amines) is 1. The van der Waals surface area contributed by atoms with E-state index in [9.17, 15) is 9.59 Å². The summed E-state index contributed by atoms with van der Waals surface area (Å²) in [5.41, 5.74) is 3.62. The number of aryl methyl sites for hydroxylation is 1. The molecule has 1 unspecified atom stereocenters. The van der Waals surface area contributed by atoms with Crippen molar-refractivity contribution in [1.29, 1.82) is 0 Å². The van der Waals surface area contributed by atoms with E-state index in [-0.39, 0.29) is 18.6 Å². The second kappa shape index (κ2) is 7.83. The van der Waals surface area contributed by atoms with Crippen molar-refractivity contribution >= 4 is 22.9 Å². The number of imide groups is 1. The number of ether oxygens (including phenoxy) is 3. The van der Waals surface area contributed by atoms with Crippen LogP contribution in [0.25, 0.3) is 10.9 Å². The van der Waals surface area contributed by atoms with E-state index in [2.05, 4.69) is 29.8 Å². The molecule has 0 N–H and O–H groups in total. The molecule has 2 aliphatic heterocycles. The van der Waals surface area contributed by atoms with Crippen LogP contribution in [-0.2, 0) is 16.1 Å². The number of carbonyl (C=O) groups excluding carboxylic acids is 2. The number of carbonyl (C=O) groups is 2. The van der Waals surface area contributed by atoms with Gasteiger partial charge in [0, 0.05) is 30.2 Å². The number of aromatic nitrogens is 1. The normalized spacial score (nSPS) is 17.8. The summed E-state index contributed by atoms with van der Waals surface area (Å²) >= 11 is 0. The van der Waals surface area contributed by atoms with Crippen LogP contribution in [0.15, 0.2) is 42.6 Å². The van der Waals surface area contributed by atoms with Crippen molar-refractivity contribution in [3.8, 4) is 11.5 Å². The Bertz CT molecular complexity index is 1250. The average Bonchev–Trinajstić information content (AvgIpc) is 3.44. The van der Waals surface area contributed by atoms with Crippen molar-refractivity contribution in [1.82, 2.24) is 9.47 Å². The van der Waals surface area contributed by atoms with Gasteiger partial charge in [-0.15, -0.1) is 0 Å². The molecule has 0 aliphatic carbocycles. The van der Waals surface area contributed by atoms with Crippen molar-refractivity contribution in [2.45, 2.75) is 52.2 Å². The quantitative estimate of drug-likeness (QED) is 0.565. The first-order valence-corrected chi connectivity index (χ1v) is 11.2. The first-order valence-electron chi connectivity index (χ1n) is 11.2. The van der Waals surface area contributed by atoms with Crippen LogP contribution in [0.3, 0.4) is 0 Å². The second-order valence-corrected chi connectivity index (χ2v) is 9.72. The molecular formula is C26H28N2O5. The van der Waals surface area contributed by atoms with Gasteiger partial charge in [-0.25, -0.2) is 9.69 Å². The number of amides is 2. The number of rotatable bonds is 3. The number of benzene rings is 2. The molecule has 5 rings (SSSR count). The Labute approximate surface area is 192 Å². The number of nitrogens with zero attached hydrogens (tertiary/aromatic N) is 2. The minimum atomic E-state index is -0.637. The molecule has 7 heteroatoms. The summed E-state index contributed by atoms with van der Waals surface area (Å²) in [6.45, 7) is 8.78. The van der Waals surface area contributed by atoms with Crippen molar-refractivity contribution in [2.24, 2.45) is 0 Å². The maximum absolute atomic E-state index is 13.1. The number of fused-ring (bicyclic) bond motifs is 2. The topological polar surface area (TPSA) is 70.0 Å². The fourth-order valence-corrected chi connectivity index (χ4v) is 4.56. The molecule has 3 aromatic rings. The summed E-state index contributed by atoms with van der Waals surface area (Å²) in [7, 11) is 0. The second-order valence-electron chi connectivity index (χ2n) is 9.72. The predicted molar refractivity (Wildman–Crippen MR) is 124 cm³/mol. The zero-order chi connectivity index (χ0) is 23.3. The van der Waals surface area contributed by atoms with Gasteiger partial charge < -0.3 is 18.8 Å². The highest BCUT2D eigenvalue weighted by molar-refractivity contribution is 5.98. The van der Waals surface area contributed by atoms with E-state index in [0.717, 1.165) is 33.5 Å². The Morgan fingerprint density at radius 3 is 2.70 bits per heavy atom. The van der Waals surface area contributed by atoms with Crippen LogP contribution in [-0.4, -0.2) is 40.4 Å². The van der Waals surface area contributed by atoms with E-state index in [1.807, 2.05) is 24.3 Å². The maximum atomic E-state index is 13.1. The SMILES string of the molecule is Cc1cn(Cc2ccc3c(c2)OCO3)c2cc(C3CCN(C(=O)OC(C)(C)C)C3=O)ccc12. The van der Waals surface area contributed by atoms with Gasteiger partial charge >= 0.3 is 6.09 Å². The third kappa shape index (κ3) is 4.03. The smallest absolute Gasteiger partial charge is 0.417 e. The lowest BCUT2D eigenvalue weighted by Crippen LogP contribution is -2.38. The Hall–Kier alpha value is -3.48. The molecule has 1 aromatic heterocycles. The van der Waals surface area contributed by atoms with Crippen molar-refractivity contribution in [3.63, 3.8) is 0 Å². The maximum Gasteiger partial charge on any atom is 0.417 e.